The van der Waals surface area contributed by atoms with Gasteiger partial charge in [0.2, 0.25) is 11.8 Å². The van der Waals surface area contributed by atoms with Gasteiger partial charge in [-0.15, -0.1) is 0 Å². The lowest BCUT2D eigenvalue weighted by Crippen LogP contribution is -2.39. The predicted octanol–water partition coefficient (Wildman–Crippen LogP) is 2.37. The molecule has 0 radical (unpaired) electrons. The van der Waals surface area contributed by atoms with Crippen molar-refractivity contribution in [1.82, 2.24) is 10.1 Å². The first kappa shape index (κ1) is 19.2. The number of ether oxygens (including phenoxy) is 1. The Morgan fingerprint density at radius 2 is 2.13 bits per heavy atom. The number of aromatic nitrogens is 1. The molecule has 7 heteroatoms. The second kappa shape index (κ2) is 10.8. The zero-order chi connectivity index (χ0) is 17.1. The van der Waals surface area contributed by atoms with Crippen LogP contribution in [0.1, 0.15) is 45.3 Å². The SMILES string of the molecule is CCCCC(=O)N(CCCOCC)CC(=O)Nc1cc(C)on1. The average Bonchev–Trinajstić information content (AvgIpc) is 2.92. The van der Waals surface area contributed by atoms with Crippen LogP contribution in [0.4, 0.5) is 5.82 Å². The minimum absolute atomic E-state index is 0.00479. The Hall–Kier alpha value is -1.89. The predicted molar refractivity (Wildman–Crippen MR) is 87.1 cm³/mol. The van der Waals surface area contributed by atoms with Gasteiger partial charge in [-0.2, -0.15) is 0 Å². The normalized spacial score (nSPS) is 10.6. The Morgan fingerprint density at radius 1 is 1.35 bits per heavy atom. The van der Waals surface area contributed by atoms with E-state index in [1.54, 1.807) is 17.9 Å². The van der Waals surface area contributed by atoms with E-state index in [0.717, 1.165) is 12.8 Å². The number of anilines is 1. The first-order valence-electron chi connectivity index (χ1n) is 8.15. The van der Waals surface area contributed by atoms with Gasteiger partial charge in [0.1, 0.15) is 5.76 Å². The Bertz CT molecular complexity index is 487. The molecule has 0 saturated carbocycles. The quantitative estimate of drug-likeness (QED) is 0.631. The summed E-state index contributed by atoms with van der Waals surface area (Å²) in [6.07, 6.45) is 2.94. The molecule has 0 aliphatic heterocycles. The number of nitrogens with zero attached hydrogens (tertiary/aromatic N) is 2. The Morgan fingerprint density at radius 3 is 2.74 bits per heavy atom. The molecule has 0 spiro atoms. The van der Waals surface area contributed by atoms with Crippen LogP contribution in [-0.2, 0) is 14.3 Å². The molecule has 1 aromatic heterocycles. The molecule has 7 nitrogen and oxygen atoms in total. The van der Waals surface area contributed by atoms with E-state index in [1.807, 2.05) is 13.8 Å². The molecule has 0 bridgehead atoms. The van der Waals surface area contributed by atoms with E-state index in [2.05, 4.69) is 10.5 Å². The van der Waals surface area contributed by atoms with Crippen molar-refractivity contribution in [3.63, 3.8) is 0 Å². The summed E-state index contributed by atoms with van der Waals surface area (Å²) < 4.78 is 10.2. The highest BCUT2D eigenvalue weighted by Gasteiger charge is 2.17. The van der Waals surface area contributed by atoms with Crippen molar-refractivity contribution in [2.24, 2.45) is 0 Å². The number of hydrogen-bond donors (Lipinski definition) is 1. The summed E-state index contributed by atoms with van der Waals surface area (Å²) >= 11 is 0. The minimum atomic E-state index is -0.278. The van der Waals surface area contributed by atoms with Crippen LogP contribution in [0.2, 0.25) is 0 Å². The second-order valence-electron chi connectivity index (χ2n) is 5.34. The van der Waals surface area contributed by atoms with E-state index in [4.69, 9.17) is 9.26 Å². The van der Waals surface area contributed by atoms with Gasteiger partial charge in [0.15, 0.2) is 5.82 Å². The maximum Gasteiger partial charge on any atom is 0.245 e. The molecule has 2 amide bonds. The Balaban J connectivity index is 2.51. The van der Waals surface area contributed by atoms with Gasteiger partial charge in [0, 0.05) is 32.2 Å². The van der Waals surface area contributed by atoms with E-state index in [9.17, 15) is 9.59 Å². The summed E-state index contributed by atoms with van der Waals surface area (Å²) in [7, 11) is 0. The molecular weight excluding hydrogens is 298 g/mol. The summed E-state index contributed by atoms with van der Waals surface area (Å²) in [5.41, 5.74) is 0. The largest absolute Gasteiger partial charge is 0.382 e. The van der Waals surface area contributed by atoms with Crippen molar-refractivity contribution >= 4 is 17.6 Å². The third-order valence-electron chi connectivity index (χ3n) is 3.25. The maximum atomic E-state index is 12.2. The summed E-state index contributed by atoms with van der Waals surface area (Å²) in [4.78, 5) is 25.9. The van der Waals surface area contributed by atoms with Crippen LogP contribution < -0.4 is 5.32 Å². The van der Waals surface area contributed by atoms with Crippen LogP contribution >= 0.6 is 0 Å². The first-order valence-corrected chi connectivity index (χ1v) is 8.15. The number of rotatable bonds is 11. The highest BCUT2D eigenvalue weighted by molar-refractivity contribution is 5.93. The van der Waals surface area contributed by atoms with Crippen LogP contribution in [-0.4, -0.2) is 48.2 Å². The van der Waals surface area contributed by atoms with Crippen molar-refractivity contribution < 1.29 is 18.8 Å². The zero-order valence-corrected chi connectivity index (χ0v) is 14.3. The van der Waals surface area contributed by atoms with Crippen LogP contribution in [0.5, 0.6) is 0 Å². The van der Waals surface area contributed by atoms with E-state index in [1.165, 1.54) is 0 Å². The fourth-order valence-corrected chi connectivity index (χ4v) is 2.06. The smallest absolute Gasteiger partial charge is 0.245 e. The van der Waals surface area contributed by atoms with Crippen molar-refractivity contribution in [3.8, 4) is 0 Å². The van der Waals surface area contributed by atoms with Crippen LogP contribution in [0.15, 0.2) is 10.6 Å². The lowest BCUT2D eigenvalue weighted by atomic mass is 10.2. The van der Waals surface area contributed by atoms with Crippen molar-refractivity contribution in [1.29, 1.82) is 0 Å². The number of carbonyl (C=O) groups is 2. The fraction of sp³-hybridized carbons (Fsp3) is 0.688. The van der Waals surface area contributed by atoms with Gasteiger partial charge >= 0.3 is 0 Å². The number of amides is 2. The van der Waals surface area contributed by atoms with Gasteiger partial charge in [-0.3, -0.25) is 9.59 Å². The third-order valence-corrected chi connectivity index (χ3v) is 3.25. The molecule has 0 saturated heterocycles. The summed E-state index contributed by atoms with van der Waals surface area (Å²) in [5, 5.41) is 6.35. The van der Waals surface area contributed by atoms with Gasteiger partial charge in [0.05, 0.1) is 6.54 Å². The van der Waals surface area contributed by atoms with E-state index >= 15 is 0 Å². The highest BCUT2D eigenvalue weighted by Crippen LogP contribution is 2.08. The molecule has 1 heterocycles. The second-order valence-corrected chi connectivity index (χ2v) is 5.34. The Labute approximate surface area is 137 Å². The zero-order valence-electron chi connectivity index (χ0n) is 14.3. The van der Waals surface area contributed by atoms with Crippen LogP contribution in [0.3, 0.4) is 0 Å². The first-order chi connectivity index (χ1) is 11.1. The Kier molecular flexibility index (Phi) is 8.97. The van der Waals surface area contributed by atoms with Gasteiger partial charge in [-0.05, 0) is 26.7 Å². The topological polar surface area (TPSA) is 84.7 Å². The van der Waals surface area contributed by atoms with Gasteiger partial charge in [-0.25, -0.2) is 0 Å². The van der Waals surface area contributed by atoms with E-state index < -0.39 is 0 Å². The molecule has 130 valence electrons. The number of hydrogen-bond acceptors (Lipinski definition) is 5. The highest BCUT2D eigenvalue weighted by atomic mass is 16.5. The molecule has 1 N–H and O–H groups in total. The number of carbonyl (C=O) groups excluding carboxylic acids is 2. The maximum absolute atomic E-state index is 12.2. The molecule has 0 aliphatic rings. The summed E-state index contributed by atoms with van der Waals surface area (Å²) in [5.74, 6) is 0.699. The molecule has 23 heavy (non-hydrogen) atoms. The lowest BCUT2D eigenvalue weighted by Gasteiger charge is -2.22. The van der Waals surface area contributed by atoms with Crippen LogP contribution in [0, 0.1) is 6.92 Å². The van der Waals surface area contributed by atoms with Gasteiger partial charge in [0.25, 0.3) is 0 Å². The molecular formula is C16H27N3O4. The molecule has 0 atom stereocenters. The average molecular weight is 325 g/mol. The van der Waals surface area contributed by atoms with Crippen LogP contribution in [0.25, 0.3) is 0 Å². The minimum Gasteiger partial charge on any atom is -0.382 e. The molecule has 0 unspecified atom stereocenters. The van der Waals surface area contributed by atoms with Gasteiger partial charge < -0.3 is 19.5 Å². The van der Waals surface area contributed by atoms with Gasteiger partial charge in [-0.1, -0.05) is 18.5 Å². The number of unbranched alkanes of at least 4 members (excludes halogenated alkanes) is 1. The number of nitrogens with one attached hydrogen (secondary N) is 1. The van der Waals surface area contributed by atoms with E-state index in [-0.39, 0.29) is 18.4 Å². The molecule has 0 aromatic carbocycles. The molecule has 1 aromatic rings. The van der Waals surface area contributed by atoms with Crippen molar-refractivity contribution in [2.45, 2.75) is 46.5 Å². The molecule has 0 fully saturated rings. The fourth-order valence-electron chi connectivity index (χ4n) is 2.06. The molecule has 0 aliphatic carbocycles. The summed E-state index contributed by atoms with van der Waals surface area (Å²) in [6, 6.07) is 1.64. The third kappa shape index (κ3) is 7.78. The van der Waals surface area contributed by atoms with Crippen molar-refractivity contribution in [3.05, 3.63) is 11.8 Å². The van der Waals surface area contributed by atoms with E-state index in [0.29, 0.717) is 44.2 Å². The standard InChI is InChI=1S/C16H27N3O4/c1-4-6-8-16(21)19(9-7-10-22-5-2)12-15(20)17-14-11-13(3)23-18-14/h11H,4-10,12H2,1-3H3,(H,17,18,20). The molecule has 1 rings (SSSR count). The van der Waals surface area contributed by atoms with Crippen molar-refractivity contribution in [2.75, 3.05) is 31.6 Å². The monoisotopic (exact) mass is 325 g/mol. The lowest BCUT2D eigenvalue weighted by molar-refractivity contribution is -0.135. The summed E-state index contributed by atoms with van der Waals surface area (Å²) in [6.45, 7) is 7.46. The number of aryl methyl sites for hydroxylation is 1.